The van der Waals surface area contributed by atoms with E-state index in [0.717, 1.165) is 6.42 Å². The van der Waals surface area contributed by atoms with Crippen molar-refractivity contribution in [2.45, 2.75) is 13.3 Å². The number of rotatable bonds is 9. The Kier molecular flexibility index (Phi) is 7.01. The van der Waals surface area contributed by atoms with Crippen molar-refractivity contribution >= 4 is 5.95 Å². The van der Waals surface area contributed by atoms with Crippen LogP contribution in [0.1, 0.15) is 13.3 Å². The molecule has 6 nitrogen and oxygen atoms in total. The van der Waals surface area contributed by atoms with Gasteiger partial charge in [0.15, 0.2) is 0 Å². The zero-order chi connectivity index (χ0) is 12.3. The molecule has 0 aliphatic heterocycles. The lowest BCUT2D eigenvalue weighted by Crippen LogP contribution is -2.13. The van der Waals surface area contributed by atoms with Gasteiger partial charge in [0.25, 0.3) is 0 Å². The highest BCUT2D eigenvalue weighted by atomic mass is 16.5. The van der Waals surface area contributed by atoms with Crippen LogP contribution in [0, 0.1) is 0 Å². The van der Waals surface area contributed by atoms with Gasteiger partial charge in [-0.15, -0.1) is 0 Å². The Labute approximate surface area is 101 Å². The Morgan fingerprint density at radius 1 is 1.35 bits per heavy atom. The molecule has 0 bridgehead atoms. The van der Waals surface area contributed by atoms with Crippen LogP contribution in [0.2, 0.25) is 0 Å². The zero-order valence-corrected chi connectivity index (χ0v) is 10.1. The van der Waals surface area contributed by atoms with Crippen LogP contribution >= 0.6 is 0 Å². The monoisotopic (exact) mass is 241 g/mol. The van der Waals surface area contributed by atoms with Gasteiger partial charge in [-0.25, -0.2) is 4.98 Å². The minimum atomic E-state index is 0.0385. The molecule has 1 aromatic rings. The average Bonchev–Trinajstić information content (AvgIpc) is 2.37. The van der Waals surface area contributed by atoms with Gasteiger partial charge >= 0.3 is 0 Å². The molecule has 0 saturated carbocycles. The summed E-state index contributed by atoms with van der Waals surface area (Å²) in [5.74, 6) is 1.09. The van der Waals surface area contributed by atoms with E-state index in [1.807, 2.05) is 6.92 Å². The molecule has 0 aromatic carbocycles. The lowest BCUT2D eigenvalue weighted by atomic mass is 10.5. The summed E-state index contributed by atoms with van der Waals surface area (Å²) >= 11 is 0. The summed E-state index contributed by atoms with van der Waals surface area (Å²) in [5.41, 5.74) is 0. The van der Waals surface area contributed by atoms with Crippen LogP contribution < -0.4 is 10.1 Å². The summed E-state index contributed by atoms with van der Waals surface area (Å²) < 4.78 is 10.5. The summed E-state index contributed by atoms with van der Waals surface area (Å²) in [6, 6.07) is 1.73. The molecule has 96 valence electrons. The van der Waals surface area contributed by atoms with Crippen molar-refractivity contribution in [3.05, 3.63) is 12.3 Å². The smallest absolute Gasteiger partial charge is 0.226 e. The third-order valence-corrected chi connectivity index (χ3v) is 1.85. The van der Waals surface area contributed by atoms with E-state index in [4.69, 9.17) is 14.6 Å². The van der Waals surface area contributed by atoms with Crippen LogP contribution in [-0.2, 0) is 4.74 Å². The molecule has 0 unspecified atom stereocenters. The van der Waals surface area contributed by atoms with E-state index in [2.05, 4.69) is 15.3 Å². The van der Waals surface area contributed by atoms with Crippen LogP contribution in [0.25, 0.3) is 0 Å². The molecule has 17 heavy (non-hydrogen) atoms. The predicted molar refractivity (Wildman–Crippen MR) is 64.2 cm³/mol. The number of hydrogen-bond donors (Lipinski definition) is 2. The number of nitrogens with zero attached hydrogens (tertiary/aromatic N) is 2. The highest BCUT2D eigenvalue weighted by molar-refractivity contribution is 5.27. The molecular formula is C11H19N3O3. The summed E-state index contributed by atoms with van der Waals surface area (Å²) in [5, 5.41) is 11.5. The lowest BCUT2D eigenvalue weighted by molar-refractivity contribution is 0.0991. The minimum Gasteiger partial charge on any atom is -0.478 e. The first-order valence-electron chi connectivity index (χ1n) is 5.75. The highest BCUT2D eigenvalue weighted by Gasteiger charge is 1.99. The highest BCUT2D eigenvalue weighted by Crippen LogP contribution is 2.08. The van der Waals surface area contributed by atoms with E-state index in [-0.39, 0.29) is 6.61 Å². The molecule has 0 aliphatic carbocycles. The van der Waals surface area contributed by atoms with Crippen molar-refractivity contribution < 1.29 is 14.6 Å². The first-order valence-corrected chi connectivity index (χ1v) is 5.75. The fourth-order valence-corrected chi connectivity index (χ4v) is 1.12. The molecule has 0 saturated heterocycles. The van der Waals surface area contributed by atoms with Crippen LogP contribution in [0.3, 0.4) is 0 Å². The molecule has 0 spiro atoms. The summed E-state index contributed by atoms with van der Waals surface area (Å²) in [6.07, 6.45) is 2.59. The van der Waals surface area contributed by atoms with E-state index in [1.165, 1.54) is 0 Å². The van der Waals surface area contributed by atoms with Gasteiger partial charge in [-0.05, 0) is 6.42 Å². The van der Waals surface area contributed by atoms with Crippen molar-refractivity contribution in [3.8, 4) is 5.88 Å². The third-order valence-electron chi connectivity index (χ3n) is 1.85. The quantitative estimate of drug-likeness (QED) is 0.619. The van der Waals surface area contributed by atoms with Crippen LogP contribution in [0.4, 0.5) is 5.95 Å². The Morgan fingerprint density at radius 3 is 3.00 bits per heavy atom. The second kappa shape index (κ2) is 8.72. The molecule has 1 rings (SSSR count). The zero-order valence-electron chi connectivity index (χ0n) is 10.1. The maximum atomic E-state index is 8.51. The van der Waals surface area contributed by atoms with Crippen molar-refractivity contribution in [3.63, 3.8) is 0 Å². The van der Waals surface area contributed by atoms with Gasteiger partial charge in [-0.2, -0.15) is 4.98 Å². The number of aromatic nitrogens is 2. The standard InChI is InChI=1S/C11H19N3O3/c1-2-7-17-10-3-4-12-11(14-10)13-5-8-16-9-6-15/h3-4,15H,2,5-9H2,1H3,(H,12,13,14). The first-order chi connectivity index (χ1) is 8.36. The van der Waals surface area contributed by atoms with Gasteiger partial charge in [0.2, 0.25) is 11.8 Å². The summed E-state index contributed by atoms with van der Waals surface area (Å²) in [7, 11) is 0. The molecule has 1 heterocycles. The van der Waals surface area contributed by atoms with Crippen molar-refractivity contribution in [2.75, 3.05) is 38.3 Å². The minimum absolute atomic E-state index is 0.0385. The molecule has 0 fully saturated rings. The van der Waals surface area contributed by atoms with Crippen molar-refractivity contribution in [2.24, 2.45) is 0 Å². The van der Waals surface area contributed by atoms with E-state index in [9.17, 15) is 0 Å². The van der Waals surface area contributed by atoms with E-state index >= 15 is 0 Å². The molecule has 6 heteroatoms. The molecule has 0 radical (unpaired) electrons. The Hall–Kier alpha value is -1.40. The number of aliphatic hydroxyl groups excluding tert-OH is 1. The fourth-order valence-electron chi connectivity index (χ4n) is 1.12. The number of aliphatic hydroxyl groups is 1. The Bertz CT molecular complexity index is 310. The SMILES string of the molecule is CCCOc1ccnc(NCCOCCO)n1. The van der Waals surface area contributed by atoms with Crippen LogP contribution in [0.15, 0.2) is 12.3 Å². The lowest BCUT2D eigenvalue weighted by Gasteiger charge is -2.07. The molecular weight excluding hydrogens is 222 g/mol. The second-order valence-electron chi connectivity index (χ2n) is 3.33. The van der Waals surface area contributed by atoms with E-state index < -0.39 is 0 Å². The first kappa shape index (κ1) is 13.7. The number of hydrogen-bond acceptors (Lipinski definition) is 6. The molecule has 0 amide bonds. The van der Waals surface area contributed by atoms with Crippen LogP contribution in [0.5, 0.6) is 5.88 Å². The molecule has 1 aromatic heterocycles. The fraction of sp³-hybridized carbons (Fsp3) is 0.636. The number of nitrogens with one attached hydrogen (secondary N) is 1. The van der Waals surface area contributed by atoms with Gasteiger partial charge in [0, 0.05) is 18.8 Å². The van der Waals surface area contributed by atoms with Gasteiger partial charge in [0.1, 0.15) is 0 Å². The topological polar surface area (TPSA) is 76.5 Å². The Morgan fingerprint density at radius 2 is 2.24 bits per heavy atom. The van der Waals surface area contributed by atoms with Gasteiger partial charge in [-0.1, -0.05) is 6.92 Å². The van der Waals surface area contributed by atoms with Crippen molar-refractivity contribution in [1.29, 1.82) is 0 Å². The average molecular weight is 241 g/mol. The number of anilines is 1. The Balaban J connectivity index is 2.27. The van der Waals surface area contributed by atoms with E-state index in [1.54, 1.807) is 12.3 Å². The number of ether oxygens (including phenoxy) is 2. The predicted octanol–water partition coefficient (Wildman–Crippen LogP) is 0.686. The van der Waals surface area contributed by atoms with Crippen molar-refractivity contribution in [1.82, 2.24) is 9.97 Å². The molecule has 0 aliphatic rings. The maximum absolute atomic E-state index is 8.51. The molecule has 0 atom stereocenters. The van der Waals surface area contributed by atoms with Gasteiger partial charge < -0.3 is 19.9 Å². The van der Waals surface area contributed by atoms with Gasteiger partial charge in [0.05, 0.1) is 26.4 Å². The van der Waals surface area contributed by atoms with E-state index in [0.29, 0.717) is 38.2 Å². The summed E-state index contributed by atoms with van der Waals surface area (Å²) in [6.45, 7) is 4.18. The van der Waals surface area contributed by atoms with Crippen LogP contribution in [-0.4, -0.2) is 48.0 Å². The summed E-state index contributed by atoms with van der Waals surface area (Å²) in [4.78, 5) is 8.24. The normalized spacial score (nSPS) is 10.2. The maximum Gasteiger partial charge on any atom is 0.226 e. The third kappa shape index (κ3) is 6.03. The second-order valence-corrected chi connectivity index (χ2v) is 3.33. The largest absolute Gasteiger partial charge is 0.478 e. The van der Waals surface area contributed by atoms with Gasteiger partial charge in [-0.3, -0.25) is 0 Å². The molecule has 2 N–H and O–H groups in total.